The Kier molecular flexibility index (Phi) is 5.48. The fraction of sp³-hybridized carbons (Fsp3) is 0.429. The Labute approximate surface area is 112 Å². The summed E-state index contributed by atoms with van der Waals surface area (Å²) < 4.78 is 18.3. The van der Waals surface area contributed by atoms with Crippen LogP contribution in [0.3, 0.4) is 0 Å². The Balaban J connectivity index is 2.76. The zero-order valence-electron chi connectivity index (χ0n) is 11.4. The van der Waals surface area contributed by atoms with Crippen molar-refractivity contribution in [2.45, 2.75) is 33.6 Å². The van der Waals surface area contributed by atoms with Crippen molar-refractivity contribution in [3.05, 3.63) is 29.1 Å². The SMILES string of the molecule is CC(=O)Nc1cc(F)c(C)cc1CCCOC(C)=O. The topological polar surface area (TPSA) is 55.4 Å². The number of ether oxygens (including phenoxy) is 1. The smallest absolute Gasteiger partial charge is 0.302 e. The van der Waals surface area contributed by atoms with Crippen molar-refractivity contribution in [3.8, 4) is 0 Å². The van der Waals surface area contributed by atoms with Crippen LogP contribution in [0, 0.1) is 12.7 Å². The molecule has 1 aromatic carbocycles. The first kappa shape index (κ1) is 15.1. The molecule has 0 aliphatic rings. The van der Waals surface area contributed by atoms with Gasteiger partial charge in [-0.1, -0.05) is 6.07 Å². The van der Waals surface area contributed by atoms with Crippen LogP contribution in [0.2, 0.25) is 0 Å². The van der Waals surface area contributed by atoms with Gasteiger partial charge in [0.25, 0.3) is 0 Å². The number of carbonyl (C=O) groups excluding carboxylic acids is 2. The van der Waals surface area contributed by atoms with Gasteiger partial charge >= 0.3 is 5.97 Å². The molecule has 0 spiro atoms. The van der Waals surface area contributed by atoms with E-state index in [0.717, 1.165) is 5.56 Å². The third-order valence-electron chi connectivity index (χ3n) is 2.59. The summed E-state index contributed by atoms with van der Waals surface area (Å²) in [4.78, 5) is 21.7. The summed E-state index contributed by atoms with van der Waals surface area (Å²) in [7, 11) is 0. The highest BCUT2D eigenvalue weighted by Gasteiger charge is 2.09. The van der Waals surface area contributed by atoms with Gasteiger partial charge in [-0.05, 0) is 37.0 Å². The maximum absolute atomic E-state index is 13.5. The lowest BCUT2D eigenvalue weighted by Gasteiger charge is -2.12. The number of rotatable bonds is 5. The lowest BCUT2D eigenvalue weighted by Crippen LogP contribution is -2.10. The summed E-state index contributed by atoms with van der Waals surface area (Å²) in [5.41, 5.74) is 1.83. The minimum Gasteiger partial charge on any atom is -0.466 e. The zero-order valence-corrected chi connectivity index (χ0v) is 11.4. The number of halogens is 1. The monoisotopic (exact) mass is 267 g/mol. The average molecular weight is 267 g/mol. The van der Waals surface area contributed by atoms with E-state index < -0.39 is 0 Å². The molecule has 1 amide bonds. The molecule has 1 rings (SSSR count). The molecule has 0 atom stereocenters. The number of hydrogen-bond donors (Lipinski definition) is 1. The van der Waals surface area contributed by atoms with Gasteiger partial charge in [0, 0.05) is 19.5 Å². The molecule has 0 saturated heterocycles. The number of carbonyl (C=O) groups is 2. The molecule has 0 aliphatic heterocycles. The van der Waals surface area contributed by atoms with E-state index in [1.807, 2.05) is 0 Å². The van der Waals surface area contributed by atoms with Crippen molar-refractivity contribution < 1.29 is 18.7 Å². The Hall–Kier alpha value is -1.91. The highest BCUT2D eigenvalue weighted by Crippen LogP contribution is 2.22. The Morgan fingerprint density at radius 2 is 2.00 bits per heavy atom. The first-order chi connectivity index (χ1) is 8.90. The predicted molar refractivity (Wildman–Crippen MR) is 70.4 cm³/mol. The second-order valence-corrected chi connectivity index (χ2v) is 4.38. The van der Waals surface area contributed by atoms with Crippen LogP contribution in [0.1, 0.15) is 31.4 Å². The van der Waals surface area contributed by atoms with Gasteiger partial charge in [-0.25, -0.2) is 4.39 Å². The lowest BCUT2D eigenvalue weighted by molar-refractivity contribution is -0.141. The second kappa shape index (κ2) is 6.87. The molecular formula is C14H18FNO3. The molecule has 0 aliphatic carbocycles. The van der Waals surface area contributed by atoms with E-state index in [2.05, 4.69) is 5.32 Å². The van der Waals surface area contributed by atoms with E-state index >= 15 is 0 Å². The van der Waals surface area contributed by atoms with Crippen molar-refractivity contribution in [1.82, 2.24) is 0 Å². The molecule has 1 aromatic rings. The maximum atomic E-state index is 13.5. The first-order valence-corrected chi connectivity index (χ1v) is 6.10. The van der Waals surface area contributed by atoms with Gasteiger partial charge < -0.3 is 10.1 Å². The standard InChI is InChI=1S/C14H18FNO3/c1-9-7-12(5-4-6-19-11(3)18)14(8-13(9)15)16-10(2)17/h7-8H,4-6H2,1-3H3,(H,16,17). The van der Waals surface area contributed by atoms with E-state index in [9.17, 15) is 14.0 Å². The van der Waals surface area contributed by atoms with Crippen molar-refractivity contribution >= 4 is 17.6 Å². The third kappa shape index (κ3) is 5.07. The lowest BCUT2D eigenvalue weighted by atomic mass is 10.0. The summed E-state index contributed by atoms with van der Waals surface area (Å²) >= 11 is 0. The molecule has 0 fully saturated rings. The highest BCUT2D eigenvalue weighted by molar-refractivity contribution is 5.89. The average Bonchev–Trinajstić information content (AvgIpc) is 2.29. The predicted octanol–water partition coefficient (Wildman–Crippen LogP) is 2.59. The van der Waals surface area contributed by atoms with Crippen LogP contribution in [0.25, 0.3) is 0 Å². The molecule has 5 heteroatoms. The fourth-order valence-electron chi connectivity index (χ4n) is 1.73. The van der Waals surface area contributed by atoms with Crippen LogP contribution < -0.4 is 5.32 Å². The number of esters is 1. The maximum Gasteiger partial charge on any atom is 0.302 e. The van der Waals surface area contributed by atoms with Gasteiger partial charge in [0.05, 0.1) is 6.61 Å². The van der Waals surface area contributed by atoms with Gasteiger partial charge in [0.2, 0.25) is 5.91 Å². The van der Waals surface area contributed by atoms with E-state index in [4.69, 9.17) is 4.74 Å². The number of nitrogens with one attached hydrogen (secondary N) is 1. The molecule has 0 unspecified atom stereocenters. The number of benzene rings is 1. The molecule has 0 heterocycles. The Morgan fingerprint density at radius 3 is 2.58 bits per heavy atom. The van der Waals surface area contributed by atoms with E-state index in [-0.39, 0.29) is 17.7 Å². The molecule has 0 radical (unpaired) electrons. The molecule has 0 aromatic heterocycles. The molecule has 104 valence electrons. The zero-order chi connectivity index (χ0) is 14.4. The second-order valence-electron chi connectivity index (χ2n) is 4.38. The minimum absolute atomic E-state index is 0.246. The van der Waals surface area contributed by atoms with E-state index in [1.165, 1.54) is 19.9 Å². The molecule has 4 nitrogen and oxygen atoms in total. The van der Waals surface area contributed by atoms with Gasteiger partial charge in [-0.2, -0.15) is 0 Å². The summed E-state index contributed by atoms with van der Waals surface area (Å²) in [6.07, 6.45) is 1.22. The number of amides is 1. The summed E-state index contributed by atoms with van der Waals surface area (Å²) in [5.74, 6) is -0.922. The number of anilines is 1. The van der Waals surface area contributed by atoms with Gasteiger partial charge in [0.15, 0.2) is 0 Å². The summed E-state index contributed by atoms with van der Waals surface area (Å²) in [6, 6.07) is 3.02. The Morgan fingerprint density at radius 1 is 1.32 bits per heavy atom. The molecule has 0 bridgehead atoms. The van der Waals surface area contributed by atoms with Crippen LogP contribution in [-0.2, 0) is 20.7 Å². The van der Waals surface area contributed by atoms with Crippen LogP contribution in [0.5, 0.6) is 0 Å². The van der Waals surface area contributed by atoms with Gasteiger partial charge in [0.1, 0.15) is 5.82 Å². The molecule has 0 saturated carbocycles. The van der Waals surface area contributed by atoms with Crippen molar-refractivity contribution in [2.75, 3.05) is 11.9 Å². The first-order valence-electron chi connectivity index (χ1n) is 6.10. The third-order valence-corrected chi connectivity index (χ3v) is 2.59. The largest absolute Gasteiger partial charge is 0.466 e. The molecular weight excluding hydrogens is 249 g/mol. The van der Waals surface area contributed by atoms with Crippen LogP contribution in [0.4, 0.5) is 10.1 Å². The minimum atomic E-state index is -0.354. The van der Waals surface area contributed by atoms with E-state index in [0.29, 0.717) is 30.7 Å². The molecule has 1 N–H and O–H groups in total. The summed E-state index contributed by atoms with van der Waals surface area (Å²) in [5, 5.41) is 2.60. The quantitative estimate of drug-likeness (QED) is 0.659. The van der Waals surface area contributed by atoms with Crippen molar-refractivity contribution in [3.63, 3.8) is 0 Å². The number of aryl methyl sites for hydroxylation is 2. The highest BCUT2D eigenvalue weighted by atomic mass is 19.1. The Bertz CT molecular complexity index is 486. The molecule has 19 heavy (non-hydrogen) atoms. The normalized spacial score (nSPS) is 10.1. The van der Waals surface area contributed by atoms with Gasteiger partial charge in [-0.15, -0.1) is 0 Å². The fourth-order valence-corrected chi connectivity index (χ4v) is 1.73. The van der Waals surface area contributed by atoms with Crippen molar-refractivity contribution in [2.24, 2.45) is 0 Å². The van der Waals surface area contributed by atoms with Gasteiger partial charge in [-0.3, -0.25) is 9.59 Å². The van der Waals surface area contributed by atoms with Crippen LogP contribution in [-0.4, -0.2) is 18.5 Å². The van der Waals surface area contributed by atoms with Crippen LogP contribution >= 0.6 is 0 Å². The van der Waals surface area contributed by atoms with E-state index in [1.54, 1.807) is 13.0 Å². The van der Waals surface area contributed by atoms with Crippen molar-refractivity contribution in [1.29, 1.82) is 0 Å². The number of hydrogen-bond acceptors (Lipinski definition) is 3. The summed E-state index contributed by atoms with van der Waals surface area (Å²) in [6.45, 7) is 4.71. The van der Waals surface area contributed by atoms with Crippen LogP contribution in [0.15, 0.2) is 12.1 Å².